The van der Waals surface area contributed by atoms with Crippen molar-refractivity contribution in [1.82, 2.24) is 9.88 Å². The number of amides is 1. The van der Waals surface area contributed by atoms with Crippen LogP contribution in [-0.4, -0.2) is 20.9 Å². The van der Waals surface area contributed by atoms with E-state index in [0.717, 1.165) is 23.3 Å². The van der Waals surface area contributed by atoms with Crippen LogP contribution in [0.2, 0.25) is 0 Å². The van der Waals surface area contributed by atoms with Crippen LogP contribution in [0, 0.1) is 0 Å². The molecule has 120 valence electrons. The molecular formula is C16H13F3N2O2. The van der Waals surface area contributed by atoms with E-state index in [0.29, 0.717) is 6.54 Å². The fraction of sp³-hybridized carbons (Fsp3) is 0.250. The normalized spacial score (nSPS) is 15.4. The number of aromatic nitrogens is 1. The summed E-state index contributed by atoms with van der Waals surface area (Å²) in [4.78, 5) is 17.7. The molecule has 1 aromatic heterocycles. The summed E-state index contributed by atoms with van der Waals surface area (Å²) in [6.07, 6.45) is -2.90. The Morgan fingerprint density at radius 3 is 2.65 bits per heavy atom. The molecule has 23 heavy (non-hydrogen) atoms. The Balaban J connectivity index is 1.79. The highest BCUT2D eigenvalue weighted by Crippen LogP contribution is 2.32. The molecule has 1 aliphatic rings. The van der Waals surface area contributed by atoms with Crippen LogP contribution < -0.4 is 0 Å². The molecule has 3 rings (SSSR count). The average molecular weight is 322 g/mol. The van der Waals surface area contributed by atoms with Crippen LogP contribution in [0.15, 0.2) is 42.7 Å². The van der Waals surface area contributed by atoms with Crippen molar-refractivity contribution < 1.29 is 23.1 Å². The predicted octanol–water partition coefficient (Wildman–Crippen LogP) is 2.68. The largest absolute Gasteiger partial charge is 0.416 e. The highest BCUT2D eigenvalue weighted by molar-refractivity contribution is 5.82. The molecule has 7 heteroatoms. The van der Waals surface area contributed by atoms with Gasteiger partial charge in [0.05, 0.1) is 5.56 Å². The van der Waals surface area contributed by atoms with E-state index in [4.69, 9.17) is 0 Å². The molecule has 2 aromatic rings. The Hall–Kier alpha value is -2.41. The SMILES string of the molecule is O=C(C(O)c1cccc(C(F)(F)F)c1)N1Cc2ccncc2C1. The van der Waals surface area contributed by atoms with Gasteiger partial charge in [-0.05, 0) is 34.9 Å². The van der Waals surface area contributed by atoms with Gasteiger partial charge in [0.1, 0.15) is 0 Å². The van der Waals surface area contributed by atoms with Crippen LogP contribution in [-0.2, 0) is 24.1 Å². The van der Waals surface area contributed by atoms with Crippen LogP contribution in [0.3, 0.4) is 0 Å². The molecule has 1 unspecified atom stereocenters. The maximum Gasteiger partial charge on any atom is 0.416 e. The highest BCUT2D eigenvalue weighted by atomic mass is 19.4. The molecule has 0 fully saturated rings. The van der Waals surface area contributed by atoms with Gasteiger partial charge < -0.3 is 10.0 Å². The van der Waals surface area contributed by atoms with E-state index >= 15 is 0 Å². The van der Waals surface area contributed by atoms with Crippen LogP contribution in [0.4, 0.5) is 13.2 Å². The lowest BCUT2D eigenvalue weighted by Crippen LogP contribution is -2.30. The van der Waals surface area contributed by atoms with Crippen LogP contribution in [0.1, 0.15) is 28.4 Å². The Kier molecular flexibility index (Phi) is 3.81. The Morgan fingerprint density at radius 1 is 1.22 bits per heavy atom. The van der Waals surface area contributed by atoms with E-state index in [9.17, 15) is 23.1 Å². The van der Waals surface area contributed by atoms with Gasteiger partial charge in [0.25, 0.3) is 5.91 Å². The number of carbonyl (C=O) groups is 1. The second kappa shape index (κ2) is 5.66. The number of hydrogen-bond acceptors (Lipinski definition) is 3. The third-order valence-electron chi connectivity index (χ3n) is 3.80. The van der Waals surface area contributed by atoms with E-state index in [1.54, 1.807) is 18.5 Å². The molecule has 2 heterocycles. The summed E-state index contributed by atoms with van der Waals surface area (Å²) >= 11 is 0. The van der Waals surface area contributed by atoms with Crippen molar-refractivity contribution in [3.63, 3.8) is 0 Å². The zero-order chi connectivity index (χ0) is 16.6. The zero-order valence-electron chi connectivity index (χ0n) is 11.9. The van der Waals surface area contributed by atoms with Gasteiger partial charge in [0.15, 0.2) is 6.10 Å². The first-order chi connectivity index (χ1) is 10.9. The zero-order valence-corrected chi connectivity index (χ0v) is 11.9. The monoisotopic (exact) mass is 322 g/mol. The lowest BCUT2D eigenvalue weighted by Gasteiger charge is -2.20. The summed E-state index contributed by atoms with van der Waals surface area (Å²) in [5.41, 5.74) is 0.830. The molecular weight excluding hydrogens is 309 g/mol. The Bertz CT molecular complexity index is 721. The fourth-order valence-corrected chi connectivity index (χ4v) is 2.58. The second-order valence-corrected chi connectivity index (χ2v) is 5.36. The lowest BCUT2D eigenvalue weighted by atomic mass is 10.0. The van der Waals surface area contributed by atoms with E-state index in [1.807, 2.05) is 0 Å². The van der Waals surface area contributed by atoms with Crippen molar-refractivity contribution in [1.29, 1.82) is 0 Å². The van der Waals surface area contributed by atoms with Gasteiger partial charge in [-0.25, -0.2) is 0 Å². The number of pyridine rings is 1. The number of alkyl halides is 3. The third-order valence-corrected chi connectivity index (χ3v) is 3.80. The van der Waals surface area contributed by atoms with E-state index < -0.39 is 23.8 Å². The summed E-state index contributed by atoms with van der Waals surface area (Å²) in [5.74, 6) is -0.625. The first kappa shape index (κ1) is 15.5. The lowest BCUT2D eigenvalue weighted by molar-refractivity contribution is -0.142. The number of hydrogen-bond donors (Lipinski definition) is 1. The molecule has 1 N–H and O–H groups in total. The minimum absolute atomic E-state index is 0.0705. The number of rotatable bonds is 2. The van der Waals surface area contributed by atoms with Gasteiger partial charge in [-0.15, -0.1) is 0 Å². The molecule has 1 atom stereocenters. The van der Waals surface area contributed by atoms with Gasteiger partial charge >= 0.3 is 6.18 Å². The fourth-order valence-electron chi connectivity index (χ4n) is 2.58. The molecule has 0 saturated carbocycles. The smallest absolute Gasteiger partial charge is 0.378 e. The molecule has 4 nitrogen and oxygen atoms in total. The Labute approximate surface area is 130 Å². The average Bonchev–Trinajstić information content (AvgIpc) is 2.97. The Morgan fingerprint density at radius 2 is 1.96 bits per heavy atom. The first-order valence-corrected chi connectivity index (χ1v) is 6.92. The summed E-state index contributed by atoms with van der Waals surface area (Å²) in [5, 5.41) is 10.1. The second-order valence-electron chi connectivity index (χ2n) is 5.36. The molecule has 0 bridgehead atoms. The number of aliphatic hydroxyl groups excluding tert-OH is 1. The van der Waals surface area contributed by atoms with E-state index in [-0.39, 0.29) is 12.1 Å². The van der Waals surface area contributed by atoms with Crippen molar-refractivity contribution >= 4 is 5.91 Å². The number of carbonyl (C=O) groups excluding carboxylic acids is 1. The topological polar surface area (TPSA) is 53.4 Å². The van der Waals surface area contributed by atoms with Crippen molar-refractivity contribution in [3.8, 4) is 0 Å². The summed E-state index contributed by atoms with van der Waals surface area (Å²) in [7, 11) is 0. The number of halogens is 3. The van der Waals surface area contributed by atoms with Crippen LogP contribution in [0.5, 0.6) is 0 Å². The third kappa shape index (κ3) is 3.05. The minimum atomic E-state index is -4.52. The summed E-state index contributed by atoms with van der Waals surface area (Å²) in [6.45, 7) is 0.602. The van der Waals surface area contributed by atoms with Gasteiger partial charge in [-0.2, -0.15) is 13.2 Å². The van der Waals surface area contributed by atoms with Gasteiger partial charge in [-0.3, -0.25) is 9.78 Å². The van der Waals surface area contributed by atoms with Gasteiger partial charge in [0.2, 0.25) is 0 Å². The van der Waals surface area contributed by atoms with Crippen molar-refractivity contribution in [3.05, 3.63) is 65.0 Å². The summed E-state index contributed by atoms with van der Waals surface area (Å²) in [6, 6.07) is 5.96. The highest BCUT2D eigenvalue weighted by Gasteiger charge is 2.33. The quantitative estimate of drug-likeness (QED) is 0.925. The molecule has 0 radical (unpaired) electrons. The van der Waals surface area contributed by atoms with Crippen molar-refractivity contribution in [2.24, 2.45) is 0 Å². The number of fused-ring (bicyclic) bond motifs is 1. The standard InChI is InChI=1S/C16H13F3N2O2/c17-16(18,19)13-3-1-2-10(6-13)14(22)15(23)21-8-11-4-5-20-7-12(11)9-21/h1-7,14,22H,8-9H2. The first-order valence-electron chi connectivity index (χ1n) is 6.92. The number of aliphatic hydroxyl groups is 1. The minimum Gasteiger partial charge on any atom is -0.378 e. The molecule has 1 amide bonds. The molecule has 1 aromatic carbocycles. The molecule has 0 aliphatic carbocycles. The predicted molar refractivity (Wildman–Crippen MR) is 74.9 cm³/mol. The van der Waals surface area contributed by atoms with Crippen molar-refractivity contribution in [2.45, 2.75) is 25.4 Å². The van der Waals surface area contributed by atoms with Gasteiger partial charge in [0, 0.05) is 25.5 Å². The van der Waals surface area contributed by atoms with E-state index in [2.05, 4.69) is 4.98 Å². The maximum atomic E-state index is 12.7. The van der Waals surface area contributed by atoms with Crippen LogP contribution in [0.25, 0.3) is 0 Å². The molecule has 0 saturated heterocycles. The summed E-state index contributed by atoms with van der Waals surface area (Å²) < 4.78 is 38.2. The van der Waals surface area contributed by atoms with Crippen LogP contribution >= 0.6 is 0 Å². The van der Waals surface area contributed by atoms with Crippen molar-refractivity contribution in [2.75, 3.05) is 0 Å². The number of nitrogens with zero attached hydrogens (tertiary/aromatic N) is 2. The maximum absolute atomic E-state index is 12.7. The van der Waals surface area contributed by atoms with Gasteiger partial charge in [-0.1, -0.05) is 12.1 Å². The molecule has 0 spiro atoms. The molecule has 1 aliphatic heterocycles. The van der Waals surface area contributed by atoms with E-state index in [1.165, 1.54) is 17.0 Å². The number of benzene rings is 1.